The third-order valence-electron chi connectivity index (χ3n) is 6.71. The van der Waals surface area contributed by atoms with Gasteiger partial charge in [0.1, 0.15) is 21.0 Å². The predicted molar refractivity (Wildman–Crippen MR) is 128 cm³/mol. The Hall–Kier alpha value is 0.120. The van der Waals surface area contributed by atoms with E-state index in [0.29, 0.717) is 32.6 Å². The largest absolute Gasteiger partial charge is 0.382 e. The van der Waals surface area contributed by atoms with Crippen LogP contribution < -0.4 is 0 Å². The lowest BCUT2D eigenvalue weighted by Gasteiger charge is -2.51. The number of rotatable bonds is 8. The van der Waals surface area contributed by atoms with Gasteiger partial charge in [0.2, 0.25) is 0 Å². The molecule has 2 aliphatic heterocycles. The van der Waals surface area contributed by atoms with Crippen molar-refractivity contribution in [3.05, 3.63) is 0 Å². The zero-order valence-corrected chi connectivity index (χ0v) is 21.7. The van der Waals surface area contributed by atoms with Crippen molar-refractivity contribution in [2.24, 2.45) is 0 Å². The molecule has 0 spiro atoms. The van der Waals surface area contributed by atoms with Crippen LogP contribution >= 0.6 is 7.52 Å². The molecule has 4 radical (unpaired) electrons. The smallest absolute Gasteiger partial charge is 0.291 e. The van der Waals surface area contributed by atoms with Crippen molar-refractivity contribution < 1.29 is 18.6 Å². The quantitative estimate of drug-likeness (QED) is 0.414. The van der Waals surface area contributed by atoms with Crippen molar-refractivity contribution in [1.29, 1.82) is 0 Å². The fourth-order valence-corrected chi connectivity index (χ4v) is 7.13. The van der Waals surface area contributed by atoms with E-state index in [1.807, 2.05) is 21.0 Å². The first-order chi connectivity index (χ1) is 14.3. The lowest BCUT2D eigenvalue weighted by atomic mass is 9.94. The van der Waals surface area contributed by atoms with Crippen molar-refractivity contribution in [3.8, 4) is 0 Å². The first-order valence-electron chi connectivity index (χ1n) is 11.5. The highest BCUT2D eigenvalue weighted by molar-refractivity contribution is 7.58. The number of morpholine rings is 2. The molecule has 176 valence electrons. The van der Waals surface area contributed by atoms with E-state index in [4.69, 9.17) is 29.7 Å². The average molecular weight is 453 g/mol. The third kappa shape index (κ3) is 6.17. The van der Waals surface area contributed by atoms with Crippen molar-refractivity contribution in [2.75, 3.05) is 46.9 Å². The standard InChI is InChI=1S/C21H42B2N3O4P/c1-9-16-11-26(14-19(23)29-16)21(6,10-2)31(27,24(7)8)28-15-17-12-25(20(3,4)5)13-18(22)30-17/h16-19H,9-15H2,1-8H3. The predicted octanol–water partition coefficient (Wildman–Crippen LogP) is 2.48. The van der Waals surface area contributed by atoms with E-state index < -0.39 is 18.8 Å². The number of ether oxygens (including phenoxy) is 2. The van der Waals surface area contributed by atoms with Crippen molar-refractivity contribution in [1.82, 2.24) is 14.5 Å². The van der Waals surface area contributed by atoms with Gasteiger partial charge in [0.05, 0.1) is 18.8 Å². The zero-order valence-electron chi connectivity index (χ0n) is 20.8. The minimum atomic E-state index is -3.28. The van der Waals surface area contributed by atoms with Gasteiger partial charge in [-0.15, -0.1) is 0 Å². The SMILES string of the molecule is [B]C1CN(C(C)(C)C)CC(COP(=O)(N(C)C)C(C)(CC)N2CC([B])OC(CC)C2)O1. The summed E-state index contributed by atoms with van der Waals surface area (Å²) in [6.45, 7) is 15.4. The summed E-state index contributed by atoms with van der Waals surface area (Å²) < 4.78 is 34.3. The van der Waals surface area contributed by atoms with Crippen molar-refractivity contribution in [3.63, 3.8) is 0 Å². The topological polar surface area (TPSA) is 54.5 Å². The van der Waals surface area contributed by atoms with Crippen molar-refractivity contribution in [2.45, 2.75) is 89.4 Å². The number of hydrogen-bond donors (Lipinski definition) is 0. The molecule has 0 amide bonds. The van der Waals surface area contributed by atoms with Crippen LogP contribution in [0.4, 0.5) is 0 Å². The molecule has 0 N–H and O–H groups in total. The molecule has 2 aliphatic rings. The second-order valence-corrected chi connectivity index (χ2v) is 13.3. The number of hydrogen-bond acceptors (Lipinski definition) is 6. The van der Waals surface area contributed by atoms with Gasteiger partial charge in [-0.2, -0.15) is 0 Å². The van der Waals surface area contributed by atoms with Crippen molar-refractivity contribution >= 4 is 23.2 Å². The molecule has 2 saturated heterocycles. The minimum Gasteiger partial charge on any atom is -0.382 e. The summed E-state index contributed by atoms with van der Waals surface area (Å²) in [5, 5.41) is -0.703. The molecule has 0 aromatic carbocycles. The van der Waals surface area contributed by atoms with E-state index in [1.165, 1.54) is 0 Å². The zero-order chi connectivity index (χ0) is 23.6. The molecular weight excluding hydrogens is 411 g/mol. The molecule has 6 unspecified atom stereocenters. The Labute approximate surface area is 192 Å². The van der Waals surface area contributed by atoms with Crippen LogP contribution in [0.2, 0.25) is 0 Å². The number of nitrogens with zero attached hydrogens (tertiary/aromatic N) is 3. The highest BCUT2D eigenvalue weighted by atomic mass is 31.2. The fourth-order valence-electron chi connectivity index (χ4n) is 4.47. The molecule has 0 bridgehead atoms. The normalized spacial score (nSPS) is 33.2. The maximum Gasteiger partial charge on any atom is 0.291 e. The van der Waals surface area contributed by atoms with Crippen LogP contribution in [0.15, 0.2) is 0 Å². The van der Waals surface area contributed by atoms with Crippen LogP contribution in [0.3, 0.4) is 0 Å². The van der Waals surface area contributed by atoms with Gasteiger partial charge in [-0.05, 0) is 54.6 Å². The molecule has 0 aliphatic carbocycles. The Balaban J connectivity index is 2.22. The van der Waals surface area contributed by atoms with Gasteiger partial charge in [0, 0.05) is 43.7 Å². The maximum absolute atomic E-state index is 14.4. The maximum atomic E-state index is 14.4. The minimum absolute atomic E-state index is 0.0188. The Morgan fingerprint density at radius 1 is 0.968 bits per heavy atom. The molecule has 2 rings (SSSR count). The fraction of sp³-hybridized carbons (Fsp3) is 1.00. The lowest BCUT2D eigenvalue weighted by Crippen LogP contribution is -2.58. The molecule has 2 fully saturated rings. The molecule has 10 heteroatoms. The monoisotopic (exact) mass is 453 g/mol. The Morgan fingerprint density at radius 3 is 1.97 bits per heavy atom. The van der Waals surface area contributed by atoms with Gasteiger partial charge in [0.25, 0.3) is 7.52 Å². The molecule has 0 saturated carbocycles. The second kappa shape index (κ2) is 10.6. The first kappa shape index (κ1) is 27.4. The van der Waals surface area contributed by atoms with E-state index in [0.717, 1.165) is 6.42 Å². The van der Waals surface area contributed by atoms with Crippen LogP contribution in [-0.4, -0.2) is 112 Å². The lowest BCUT2D eigenvalue weighted by molar-refractivity contribution is -0.0937. The second-order valence-electron chi connectivity index (χ2n) is 10.2. The van der Waals surface area contributed by atoms with Gasteiger partial charge < -0.3 is 14.0 Å². The Kier molecular flexibility index (Phi) is 9.34. The molecule has 31 heavy (non-hydrogen) atoms. The highest BCUT2D eigenvalue weighted by Gasteiger charge is 2.52. The van der Waals surface area contributed by atoms with Gasteiger partial charge in [-0.3, -0.25) is 14.4 Å². The molecule has 0 aromatic rings. The third-order valence-corrected chi connectivity index (χ3v) is 10.1. The molecule has 0 aromatic heterocycles. The van der Waals surface area contributed by atoms with E-state index in [2.05, 4.69) is 44.4 Å². The molecule has 7 nitrogen and oxygen atoms in total. The summed E-state index contributed by atoms with van der Waals surface area (Å²) in [6.07, 6.45) is 1.29. The van der Waals surface area contributed by atoms with E-state index >= 15 is 0 Å². The Morgan fingerprint density at radius 2 is 1.48 bits per heavy atom. The van der Waals surface area contributed by atoms with Gasteiger partial charge in [-0.1, -0.05) is 13.8 Å². The van der Waals surface area contributed by atoms with Crippen LogP contribution in [0.25, 0.3) is 0 Å². The van der Waals surface area contributed by atoms with Gasteiger partial charge in [-0.25, -0.2) is 4.67 Å². The molecule has 2 heterocycles. The van der Waals surface area contributed by atoms with E-state index in [1.54, 1.807) is 4.67 Å². The Bertz CT molecular complexity index is 636. The van der Waals surface area contributed by atoms with Gasteiger partial charge >= 0.3 is 0 Å². The van der Waals surface area contributed by atoms with Crippen LogP contribution in [0, 0.1) is 0 Å². The molecular formula is C21H42B2N3O4P. The highest BCUT2D eigenvalue weighted by Crippen LogP contribution is 2.63. The summed E-state index contributed by atoms with van der Waals surface area (Å²) in [5.41, 5.74) is -0.0259. The van der Waals surface area contributed by atoms with Crippen LogP contribution in [0.1, 0.15) is 54.4 Å². The van der Waals surface area contributed by atoms with Crippen LogP contribution in [-0.2, 0) is 18.6 Å². The van der Waals surface area contributed by atoms with E-state index in [9.17, 15) is 4.57 Å². The van der Waals surface area contributed by atoms with Crippen LogP contribution in [0.5, 0.6) is 0 Å². The van der Waals surface area contributed by atoms with Gasteiger partial charge in [0.15, 0.2) is 0 Å². The summed E-state index contributed by atoms with van der Waals surface area (Å²) in [4.78, 5) is 4.49. The summed E-state index contributed by atoms with van der Waals surface area (Å²) in [6, 6.07) is -0.791. The molecule has 6 atom stereocenters. The summed E-state index contributed by atoms with van der Waals surface area (Å²) >= 11 is 0. The summed E-state index contributed by atoms with van der Waals surface area (Å²) in [5.74, 6) is 0. The first-order valence-corrected chi connectivity index (χ1v) is 13.1. The summed E-state index contributed by atoms with van der Waals surface area (Å²) in [7, 11) is 12.7. The van der Waals surface area contributed by atoms with E-state index in [-0.39, 0.29) is 30.4 Å². The average Bonchev–Trinajstić information content (AvgIpc) is 2.69.